The minimum absolute atomic E-state index is 0.0990. The quantitative estimate of drug-likeness (QED) is 0.387. The summed E-state index contributed by atoms with van der Waals surface area (Å²) in [6.07, 6.45) is -3.21. The molecule has 0 unspecified atom stereocenters. The standard InChI is InChI=1S/C9H7ClF3NO/c10-8-4-6(9(11,12)13)5-2-1-3-7(5)14(8)15/h4H,1-3H2. The first-order chi connectivity index (χ1) is 6.91. The zero-order valence-electron chi connectivity index (χ0n) is 7.57. The molecule has 0 saturated heterocycles. The average molecular weight is 238 g/mol. The second-order valence-corrected chi connectivity index (χ2v) is 3.84. The summed E-state index contributed by atoms with van der Waals surface area (Å²) in [6, 6.07) is 0.707. The normalized spacial score (nSPS) is 15.5. The fourth-order valence-electron chi connectivity index (χ4n) is 1.89. The van der Waals surface area contributed by atoms with Crippen molar-refractivity contribution in [3.63, 3.8) is 0 Å². The van der Waals surface area contributed by atoms with Gasteiger partial charge in [-0.2, -0.15) is 17.9 Å². The van der Waals surface area contributed by atoms with Crippen LogP contribution in [0.2, 0.25) is 5.15 Å². The summed E-state index contributed by atoms with van der Waals surface area (Å²) < 4.78 is 38.1. The largest absolute Gasteiger partial charge is 0.617 e. The van der Waals surface area contributed by atoms with E-state index in [9.17, 15) is 18.4 Å². The van der Waals surface area contributed by atoms with Crippen LogP contribution >= 0.6 is 11.6 Å². The van der Waals surface area contributed by atoms with E-state index < -0.39 is 16.9 Å². The molecule has 0 N–H and O–H groups in total. The van der Waals surface area contributed by atoms with Crippen molar-refractivity contribution in [3.8, 4) is 0 Å². The van der Waals surface area contributed by atoms with Crippen LogP contribution in [0, 0.1) is 5.21 Å². The smallest absolute Gasteiger partial charge is 0.417 e. The lowest BCUT2D eigenvalue weighted by molar-refractivity contribution is -0.611. The Bertz CT molecular complexity index is 417. The number of hydrogen-bond acceptors (Lipinski definition) is 1. The van der Waals surface area contributed by atoms with Crippen molar-refractivity contribution in [3.05, 3.63) is 33.2 Å². The maximum Gasteiger partial charge on any atom is 0.417 e. The van der Waals surface area contributed by atoms with Crippen LogP contribution in [0.5, 0.6) is 0 Å². The lowest BCUT2D eigenvalue weighted by Gasteiger charge is -2.12. The number of rotatable bonds is 0. The van der Waals surface area contributed by atoms with Gasteiger partial charge in [-0.15, -0.1) is 0 Å². The first kappa shape index (κ1) is 10.5. The van der Waals surface area contributed by atoms with Crippen molar-refractivity contribution in [1.29, 1.82) is 0 Å². The van der Waals surface area contributed by atoms with Crippen molar-refractivity contribution < 1.29 is 17.9 Å². The molecule has 0 fully saturated rings. The number of fused-ring (bicyclic) bond motifs is 1. The Hall–Kier alpha value is -0.970. The molecule has 1 heterocycles. The minimum atomic E-state index is -4.44. The van der Waals surface area contributed by atoms with Crippen molar-refractivity contribution in [2.75, 3.05) is 0 Å². The van der Waals surface area contributed by atoms with Crippen LogP contribution in [0.1, 0.15) is 23.2 Å². The van der Waals surface area contributed by atoms with Gasteiger partial charge in [0, 0.05) is 18.1 Å². The van der Waals surface area contributed by atoms with Crippen LogP contribution in [0.3, 0.4) is 0 Å². The number of alkyl halides is 3. The van der Waals surface area contributed by atoms with Gasteiger partial charge in [0.05, 0.1) is 5.56 Å². The van der Waals surface area contributed by atoms with Gasteiger partial charge < -0.3 is 5.21 Å². The molecule has 82 valence electrons. The van der Waals surface area contributed by atoms with E-state index in [4.69, 9.17) is 11.6 Å². The van der Waals surface area contributed by atoms with Crippen LogP contribution in [-0.2, 0) is 19.0 Å². The monoisotopic (exact) mass is 237 g/mol. The summed E-state index contributed by atoms with van der Waals surface area (Å²) in [6.45, 7) is 0. The van der Waals surface area contributed by atoms with Crippen LogP contribution in [0.25, 0.3) is 0 Å². The highest BCUT2D eigenvalue weighted by molar-refractivity contribution is 6.28. The van der Waals surface area contributed by atoms with Gasteiger partial charge in [0.2, 0.25) is 0 Å². The molecule has 1 aliphatic rings. The van der Waals surface area contributed by atoms with E-state index in [0.717, 1.165) is 0 Å². The van der Waals surface area contributed by atoms with Crippen LogP contribution in [0.4, 0.5) is 13.2 Å². The maximum atomic E-state index is 12.6. The number of hydrogen-bond donors (Lipinski definition) is 0. The second kappa shape index (κ2) is 3.27. The summed E-state index contributed by atoms with van der Waals surface area (Å²) in [4.78, 5) is 0. The number of halogens is 4. The first-order valence-electron chi connectivity index (χ1n) is 4.42. The van der Waals surface area contributed by atoms with Crippen molar-refractivity contribution in [2.24, 2.45) is 0 Å². The van der Waals surface area contributed by atoms with E-state index >= 15 is 0 Å². The molecule has 2 rings (SSSR count). The first-order valence-corrected chi connectivity index (χ1v) is 4.80. The molecule has 2 nitrogen and oxygen atoms in total. The number of aromatic nitrogens is 1. The van der Waals surface area contributed by atoms with Crippen LogP contribution in [-0.4, -0.2) is 0 Å². The van der Waals surface area contributed by atoms with Crippen molar-refractivity contribution >= 4 is 11.6 Å². The molecule has 6 heteroatoms. The Morgan fingerprint density at radius 3 is 2.60 bits per heavy atom. The zero-order valence-corrected chi connectivity index (χ0v) is 8.32. The highest BCUT2D eigenvalue weighted by atomic mass is 35.5. The number of pyridine rings is 1. The summed E-state index contributed by atoms with van der Waals surface area (Å²) in [5, 5.41) is 10.9. The number of nitrogens with zero attached hydrogens (tertiary/aromatic N) is 1. The van der Waals surface area contributed by atoms with E-state index in [1.165, 1.54) is 0 Å². The molecule has 0 atom stereocenters. The summed E-state index contributed by atoms with van der Waals surface area (Å²) in [7, 11) is 0. The molecule has 0 bridgehead atoms. The fourth-order valence-corrected chi connectivity index (χ4v) is 2.10. The molecule has 0 radical (unpaired) electrons. The molecular weight excluding hydrogens is 231 g/mol. The SMILES string of the molecule is [O-][n+]1c(Cl)cc(C(F)(F)F)c2c1CCC2. The van der Waals surface area contributed by atoms with Crippen molar-refractivity contribution in [1.82, 2.24) is 0 Å². The van der Waals surface area contributed by atoms with Crippen molar-refractivity contribution in [2.45, 2.75) is 25.4 Å². The summed E-state index contributed by atoms with van der Waals surface area (Å²) >= 11 is 5.45. The Labute approximate surface area is 88.9 Å². The van der Waals surface area contributed by atoms with E-state index in [1.54, 1.807) is 0 Å². The molecule has 0 aromatic carbocycles. The van der Waals surface area contributed by atoms with Gasteiger partial charge >= 0.3 is 6.18 Å². The van der Waals surface area contributed by atoms with Crippen LogP contribution in [0.15, 0.2) is 6.07 Å². The topological polar surface area (TPSA) is 26.9 Å². The Morgan fingerprint density at radius 1 is 1.33 bits per heavy atom. The van der Waals surface area contributed by atoms with Gasteiger partial charge in [-0.3, -0.25) is 0 Å². The van der Waals surface area contributed by atoms with Gasteiger partial charge in [-0.05, 0) is 24.4 Å². The molecule has 1 aromatic heterocycles. The molecule has 1 aromatic rings. The molecule has 0 aliphatic heterocycles. The Kier molecular flexibility index (Phi) is 2.30. The highest BCUT2D eigenvalue weighted by Gasteiger charge is 2.39. The Balaban J connectivity index is 2.68. The van der Waals surface area contributed by atoms with E-state index in [-0.39, 0.29) is 11.3 Å². The van der Waals surface area contributed by atoms with Gasteiger partial charge in [-0.1, -0.05) is 0 Å². The van der Waals surface area contributed by atoms with E-state index in [0.29, 0.717) is 30.1 Å². The van der Waals surface area contributed by atoms with Gasteiger partial charge in [-0.25, -0.2) is 0 Å². The lowest BCUT2D eigenvalue weighted by atomic mass is 10.1. The van der Waals surface area contributed by atoms with E-state index in [1.807, 2.05) is 0 Å². The van der Waals surface area contributed by atoms with Gasteiger partial charge in [0.15, 0.2) is 5.69 Å². The van der Waals surface area contributed by atoms with Crippen LogP contribution < -0.4 is 4.73 Å². The predicted molar refractivity (Wildman–Crippen MR) is 47.4 cm³/mol. The third-order valence-electron chi connectivity index (χ3n) is 2.52. The molecule has 15 heavy (non-hydrogen) atoms. The fraction of sp³-hybridized carbons (Fsp3) is 0.444. The third-order valence-corrected chi connectivity index (χ3v) is 2.78. The predicted octanol–water partition coefficient (Wildman–Crippen LogP) is 2.48. The van der Waals surface area contributed by atoms with Gasteiger partial charge in [0.25, 0.3) is 5.15 Å². The second-order valence-electron chi connectivity index (χ2n) is 3.45. The summed E-state index contributed by atoms with van der Waals surface area (Å²) in [5.41, 5.74) is -0.510. The molecular formula is C9H7ClF3NO. The molecule has 0 saturated carbocycles. The summed E-state index contributed by atoms with van der Waals surface area (Å²) in [5.74, 6) is 0. The van der Waals surface area contributed by atoms with E-state index in [2.05, 4.69) is 0 Å². The third kappa shape index (κ3) is 1.65. The van der Waals surface area contributed by atoms with Gasteiger partial charge in [0.1, 0.15) is 0 Å². The zero-order chi connectivity index (χ0) is 11.2. The molecule has 0 amide bonds. The minimum Gasteiger partial charge on any atom is -0.617 e. The lowest BCUT2D eigenvalue weighted by Crippen LogP contribution is -2.34. The molecule has 1 aliphatic carbocycles. The molecule has 0 spiro atoms. The Morgan fingerprint density at radius 2 is 2.00 bits per heavy atom. The highest BCUT2D eigenvalue weighted by Crippen LogP contribution is 2.36. The average Bonchev–Trinajstić information content (AvgIpc) is 2.57. The maximum absolute atomic E-state index is 12.6.